The van der Waals surface area contributed by atoms with Crippen LogP contribution in [-0.4, -0.2) is 57.8 Å². The lowest BCUT2D eigenvalue weighted by Gasteiger charge is -2.41. The minimum atomic E-state index is 0.310. The van der Waals surface area contributed by atoms with Gasteiger partial charge in [0.25, 0.3) is 0 Å². The third kappa shape index (κ3) is 3.16. The van der Waals surface area contributed by atoms with Gasteiger partial charge < -0.3 is 14.2 Å². The minimum absolute atomic E-state index is 0.310. The van der Waals surface area contributed by atoms with Gasteiger partial charge >= 0.3 is 0 Å². The maximum absolute atomic E-state index is 6.11. The van der Waals surface area contributed by atoms with E-state index in [1.54, 1.807) is 0 Å². The number of ether oxygens (including phenoxy) is 1. The molecule has 2 aliphatic rings. The molecule has 2 atom stereocenters. The van der Waals surface area contributed by atoms with E-state index in [9.17, 15) is 0 Å². The molecule has 0 unspecified atom stereocenters. The van der Waals surface area contributed by atoms with E-state index in [4.69, 9.17) is 4.74 Å². The molecule has 128 valence electrons. The zero-order valence-electron chi connectivity index (χ0n) is 14.2. The van der Waals surface area contributed by atoms with Crippen molar-refractivity contribution in [2.24, 2.45) is 7.05 Å². The summed E-state index contributed by atoms with van der Waals surface area (Å²) in [5, 5.41) is 0. The maximum atomic E-state index is 6.11. The monoisotopic (exact) mass is 327 g/mol. The van der Waals surface area contributed by atoms with Crippen LogP contribution in [-0.2, 0) is 18.3 Å². The Morgan fingerprint density at radius 2 is 2.12 bits per heavy atom. The lowest BCUT2D eigenvalue weighted by atomic mass is 10.0. The summed E-state index contributed by atoms with van der Waals surface area (Å²) < 4.78 is 8.22. The number of morpholine rings is 1. The summed E-state index contributed by atoms with van der Waals surface area (Å²) in [6.45, 7) is 4.81. The van der Waals surface area contributed by atoms with E-state index >= 15 is 0 Å². The predicted octanol–water partition coefficient (Wildman–Crippen LogP) is 1.68. The molecule has 24 heavy (non-hydrogen) atoms. The molecule has 0 amide bonds. The van der Waals surface area contributed by atoms with E-state index in [0.717, 1.165) is 51.5 Å². The average Bonchev–Trinajstić information content (AvgIpc) is 2.90. The fraction of sp³-hybridized carbons (Fsp3) is 0.556. The fourth-order valence-corrected chi connectivity index (χ4v) is 3.89. The Morgan fingerprint density at radius 1 is 1.21 bits per heavy atom. The first-order valence-electron chi connectivity index (χ1n) is 8.78. The summed E-state index contributed by atoms with van der Waals surface area (Å²) in [4.78, 5) is 13.8. The van der Waals surface area contributed by atoms with Gasteiger partial charge in [0, 0.05) is 45.3 Å². The van der Waals surface area contributed by atoms with Crippen molar-refractivity contribution in [2.45, 2.75) is 31.5 Å². The van der Waals surface area contributed by atoms with Crippen molar-refractivity contribution >= 4 is 5.69 Å². The zero-order valence-corrected chi connectivity index (χ0v) is 14.2. The molecule has 0 N–H and O–H groups in total. The van der Waals surface area contributed by atoms with Crippen molar-refractivity contribution in [2.75, 3.05) is 31.1 Å². The third-order valence-electron chi connectivity index (χ3n) is 5.23. The number of aromatic nitrogens is 3. The zero-order chi connectivity index (χ0) is 16.4. The van der Waals surface area contributed by atoms with Crippen molar-refractivity contribution in [3.8, 4) is 0 Å². The summed E-state index contributed by atoms with van der Waals surface area (Å²) in [7, 11) is 2.06. The summed E-state index contributed by atoms with van der Waals surface area (Å²) in [5.41, 5.74) is 1.22. The highest BCUT2D eigenvalue weighted by Gasteiger charge is 2.35. The first kappa shape index (κ1) is 15.6. The number of nitrogens with zero attached hydrogens (tertiary/aromatic N) is 5. The molecular formula is C18H25N5O. The second kappa shape index (κ2) is 6.91. The van der Waals surface area contributed by atoms with Gasteiger partial charge in [-0.15, -0.1) is 0 Å². The van der Waals surface area contributed by atoms with Gasteiger partial charge in [-0.1, -0.05) is 0 Å². The molecule has 4 rings (SSSR count). The summed E-state index contributed by atoms with van der Waals surface area (Å²) in [6, 6.07) is 4.62. The standard InChI is InChI=1S/C18H25N5O/c1-21-10-7-20-18(21)14-22-8-4-16-17(5-9-22)24-12-11-23(16)15-3-2-6-19-13-15/h2-3,6-7,10,13,16-17H,4-5,8-9,11-12,14H2,1H3/t16-,17-/m0/s1. The smallest absolute Gasteiger partial charge is 0.122 e. The molecule has 0 saturated carbocycles. The van der Waals surface area contributed by atoms with E-state index in [0.29, 0.717) is 12.1 Å². The minimum Gasteiger partial charge on any atom is -0.374 e. The van der Waals surface area contributed by atoms with Crippen LogP contribution in [0.25, 0.3) is 0 Å². The number of anilines is 1. The molecule has 0 aromatic carbocycles. The number of rotatable bonds is 3. The molecule has 0 spiro atoms. The number of aryl methyl sites for hydroxylation is 1. The van der Waals surface area contributed by atoms with Gasteiger partial charge in [-0.2, -0.15) is 0 Å². The highest BCUT2D eigenvalue weighted by Crippen LogP contribution is 2.28. The molecule has 6 nitrogen and oxygen atoms in total. The highest BCUT2D eigenvalue weighted by molar-refractivity contribution is 5.45. The largest absolute Gasteiger partial charge is 0.374 e. The molecule has 2 saturated heterocycles. The second-order valence-electron chi connectivity index (χ2n) is 6.69. The lowest BCUT2D eigenvalue weighted by molar-refractivity contribution is 0.00890. The fourth-order valence-electron chi connectivity index (χ4n) is 3.89. The van der Waals surface area contributed by atoms with Gasteiger partial charge in [-0.3, -0.25) is 9.88 Å². The molecule has 2 aromatic heterocycles. The van der Waals surface area contributed by atoms with Crippen LogP contribution >= 0.6 is 0 Å². The Morgan fingerprint density at radius 3 is 2.92 bits per heavy atom. The van der Waals surface area contributed by atoms with Crippen molar-refractivity contribution in [1.29, 1.82) is 0 Å². The van der Waals surface area contributed by atoms with Crippen LogP contribution in [0, 0.1) is 0 Å². The van der Waals surface area contributed by atoms with Crippen LogP contribution in [0.1, 0.15) is 18.7 Å². The van der Waals surface area contributed by atoms with Crippen molar-refractivity contribution in [3.63, 3.8) is 0 Å². The lowest BCUT2D eigenvalue weighted by Crippen LogP contribution is -2.51. The van der Waals surface area contributed by atoms with E-state index < -0.39 is 0 Å². The molecule has 0 bridgehead atoms. The maximum Gasteiger partial charge on any atom is 0.122 e. The van der Waals surface area contributed by atoms with Crippen LogP contribution < -0.4 is 4.90 Å². The van der Waals surface area contributed by atoms with Crippen LogP contribution in [0.4, 0.5) is 5.69 Å². The van der Waals surface area contributed by atoms with Crippen LogP contribution in [0.5, 0.6) is 0 Å². The van der Waals surface area contributed by atoms with E-state index in [-0.39, 0.29) is 0 Å². The molecular weight excluding hydrogens is 302 g/mol. The number of imidazole rings is 1. The Balaban J connectivity index is 1.47. The van der Waals surface area contributed by atoms with Gasteiger partial charge in [-0.05, 0) is 25.0 Å². The second-order valence-corrected chi connectivity index (χ2v) is 6.69. The van der Waals surface area contributed by atoms with E-state index in [1.807, 2.05) is 30.9 Å². The van der Waals surface area contributed by atoms with Gasteiger partial charge in [-0.25, -0.2) is 4.98 Å². The SMILES string of the molecule is Cn1ccnc1CN1CC[C@@H]2OCCN(c3cccnc3)[C@H]2CC1. The Bertz CT molecular complexity index is 658. The molecule has 2 fully saturated rings. The highest BCUT2D eigenvalue weighted by atomic mass is 16.5. The quantitative estimate of drug-likeness (QED) is 0.858. The van der Waals surface area contributed by atoms with Crippen molar-refractivity contribution < 1.29 is 4.74 Å². The molecule has 6 heteroatoms. The number of hydrogen-bond acceptors (Lipinski definition) is 5. The molecule has 4 heterocycles. The van der Waals surface area contributed by atoms with Gasteiger partial charge in [0.1, 0.15) is 5.82 Å². The molecule has 2 aromatic rings. The molecule has 0 aliphatic carbocycles. The molecule has 0 radical (unpaired) electrons. The number of hydrogen-bond donors (Lipinski definition) is 0. The number of pyridine rings is 1. The summed E-state index contributed by atoms with van der Waals surface area (Å²) in [6.07, 6.45) is 10.2. The average molecular weight is 327 g/mol. The Hall–Kier alpha value is -1.92. The number of likely N-dealkylation sites (tertiary alicyclic amines) is 1. The summed E-state index contributed by atoms with van der Waals surface area (Å²) in [5.74, 6) is 1.13. The van der Waals surface area contributed by atoms with E-state index in [2.05, 4.69) is 37.4 Å². The van der Waals surface area contributed by atoms with Crippen molar-refractivity contribution in [3.05, 3.63) is 42.7 Å². The third-order valence-corrected chi connectivity index (χ3v) is 5.23. The topological polar surface area (TPSA) is 46.4 Å². The summed E-state index contributed by atoms with van der Waals surface area (Å²) >= 11 is 0. The predicted molar refractivity (Wildman–Crippen MR) is 92.8 cm³/mol. The van der Waals surface area contributed by atoms with Gasteiger partial charge in [0.2, 0.25) is 0 Å². The van der Waals surface area contributed by atoms with Gasteiger partial charge in [0.15, 0.2) is 0 Å². The normalized spacial score (nSPS) is 25.3. The first-order chi connectivity index (χ1) is 11.8. The van der Waals surface area contributed by atoms with Crippen LogP contribution in [0.15, 0.2) is 36.9 Å². The first-order valence-corrected chi connectivity index (χ1v) is 8.78. The van der Waals surface area contributed by atoms with E-state index in [1.165, 1.54) is 5.69 Å². The Kier molecular flexibility index (Phi) is 4.49. The van der Waals surface area contributed by atoms with Crippen LogP contribution in [0.3, 0.4) is 0 Å². The van der Waals surface area contributed by atoms with Gasteiger partial charge in [0.05, 0.1) is 37.2 Å². The number of fused-ring (bicyclic) bond motifs is 1. The molecule has 2 aliphatic heterocycles. The van der Waals surface area contributed by atoms with Crippen LogP contribution in [0.2, 0.25) is 0 Å². The van der Waals surface area contributed by atoms with Crippen molar-refractivity contribution in [1.82, 2.24) is 19.4 Å². The Labute approximate surface area is 143 Å².